The molecule has 0 bridgehead atoms. The maximum Gasteiger partial charge on any atom is 0.419 e. The third-order valence-corrected chi connectivity index (χ3v) is 5.84. The predicted octanol–water partition coefficient (Wildman–Crippen LogP) is 8.67. The van der Waals surface area contributed by atoms with Gasteiger partial charge in [-0.25, -0.2) is 4.39 Å². The number of alkyl halides is 3. The van der Waals surface area contributed by atoms with Gasteiger partial charge in [-0.1, -0.05) is 74.4 Å². The molecule has 168 valence electrons. The van der Waals surface area contributed by atoms with E-state index in [2.05, 4.69) is 49.1 Å². The average Bonchev–Trinajstić information content (AvgIpc) is 2.79. The summed E-state index contributed by atoms with van der Waals surface area (Å²) >= 11 is 0. The van der Waals surface area contributed by atoms with Crippen LogP contribution in [0.2, 0.25) is 0 Å². The van der Waals surface area contributed by atoms with E-state index in [4.69, 9.17) is 0 Å². The van der Waals surface area contributed by atoms with Crippen molar-refractivity contribution >= 4 is 21.5 Å². The van der Waals surface area contributed by atoms with Gasteiger partial charge in [0.05, 0.1) is 5.56 Å². The normalized spacial score (nSPS) is 11.5. The smallest absolute Gasteiger partial charge is 0.206 e. The first kappa shape index (κ1) is 22.9. The number of hydrogen-bond acceptors (Lipinski definition) is 0. The van der Waals surface area contributed by atoms with Crippen molar-refractivity contribution in [2.45, 2.75) is 45.2 Å². The van der Waals surface area contributed by atoms with Gasteiger partial charge in [0.15, 0.2) is 0 Å². The number of rotatable bonds is 5. The molecule has 0 fully saturated rings. The molecule has 0 nitrogen and oxygen atoms in total. The minimum Gasteiger partial charge on any atom is -0.206 e. The van der Waals surface area contributed by atoms with Crippen LogP contribution in [0.1, 0.15) is 54.9 Å². The SMILES string of the molecule is CCCCCCc1ccc2c(ccc3cc(C#Cc4ccc(C(F)(F)F)c(F)c4)ccc32)c1. The van der Waals surface area contributed by atoms with Crippen molar-refractivity contribution < 1.29 is 17.6 Å². The van der Waals surface area contributed by atoms with Gasteiger partial charge in [0.25, 0.3) is 0 Å². The summed E-state index contributed by atoms with van der Waals surface area (Å²) in [6.07, 6.45) is 1.35. The number of fused-ring (bicyclic) bond motifs is 3. The van der Waals surface area contributed by atoms with E-state index in [0.29, 0.717) is 0 Å². The van der Waals surface area contributed by atoms with Crippen LogP contribution < -0.4 is 0 Å². The highest BCUT2D eigenvalue weighted by atomic mass is 19.4. The summed E-state index contributed by atoms with van der Waals surface area (Å²) in [5.74, 6) is 4.38. The van der Waals surface area contributed by atoms with Crippen LogP contribution in [0.15, 0.2) is 66.7 Å². The molecule has 0 radical (unpaired) electrons. The fraction of sp³-hybridized carbons (Fsp3) is 0.241. The Morgan fingerprint density at radius 1 is 0.697 bits per heavy atom. The average molecular weight is 449 g/mol. The van der Waals surface area contributed by atoms with E-state index in [9.17, 15) is 17.6 Å². The lowest BCUT2D eigenvalue weighted by molar-refractivity contribution is -0.140. The Hall–Kier alpha value is -3.32. The summed E-state index contributed by atoms with van der Waals surface area (Å²) in [4.78, 5) is 0. The topological polar surface area (TPSA) is 0 Å². The van der Waals surface area contributed by atoms with Gasteiger partial charge in [0, 0.05) is 11.1 Å². The first-order valence-corrected chi connectivity index (χ1v) is 11.2. The van der Waals surface area contributed by atoms with Gasteiger partial charge in [-0.2, -0.15) is 13.2 Å². The second-order valence-corrected chi connectivity index (χ2v) is 8.31. The molecular weight excluding hydrogens is 424 g/mol. The quantitative estimate of drug-likeness (QED) is 0.124. The molecule has 4 heteroatoms. The van der Waals surface area contributed by atoms with Crippen LogP contribution in [0, 0.1) is 17.7 Å². The maximum absolute atomic E-state index is 13.8. The highest BCUT2D eigenvalue weighted by molar-refractivity contribution is 6.07. The van der Waals surface area contributed by atoms with Crippen LogP contribution in [0.4, 0.5) is 17.6 Å². The zero-order chi connectivity index (χ0) is 23.4. The molecule has 0 aromatic heterocycles. The Labute approximate surface area is 191 Å². The lowest BCUT2D eigenvalue weighted by Gasteiger charge is -2.08. The van der Waals surface area contributed by atoms with E-state index in [1.807, 2.05) is 18.2 Å². The number of aryl methyl sites for hydroxylation is 1. The third kappa shape index (κ3) is 5.37. The highest BCUT2D eigenvalue weighted by Crippen LogP contribution is 2.31. The summed E-state index contributed by atoms with van der Waals surface area (Å²) in [6, 6.07) is 19.4. The Morgan fingerprint density at radius 2 is 1.33 bits per heavy atom. The van der Waals surface area contributed by atoms with Crippen molar-refractivity contribution in [2.24, 2.45) is 0 Å². The van der Waals surface area contributed by atoms with E-state index in [0.717, 1.165) is 34.9 Å². The van der Waals surface area contributed by atoms with Crippen LogP contribution in [-0.4, -0.2) is 0 Å². The zero-order valence-corrected chi connectivity index (χ0v) is 18.4. The molecule has 0 unspecified atom stereocenters. The molecule has 0 saturated carbocycles. The van der Waals surface area contributed by atoms with Crippen molar-refractivity contribution in [3.63, 3.8) is 0 Å². The molecule has 0 saturated heterocycles. The van der Waals surface area contributed by atoms with Crippen molar-refractivity contribution in [1.29, 1.82) is 0 Å². The van der Waals surface area contributed by atoms with Gasteiger partial charge in [0.2, 0.25) is 0 Å². The van der Waals surface area contributed by atoms with Crippen LogP contribution in [0.3, 0.4) is 0 Å². The highest BCUT2D eigenvalue weighted by Gasteiger charge is 2.33. The molecule has 0 spiro atoms. The maximum atomic E-state index is 13.8. The minimum absolute atomic E-state index is 0.200. The Bertz CT molecular complexity index is 1350. The fourth-order valence-corrected chi connectivity index (χ4v) is 4.08. The molecule has 0 N–H and O–H groups in total. The van der Waals surface area contributed by atoms with Gasteiger partial charge < -0.3 is 0 Å². The number of benzene rings is 4. The molecule has 4 aromatic rings. The number of halogens is 4. The molecular formula is C29H24F4. The van der Waals surface area contributed by atoms with Gasteiger partial charge >= 0.3 is 6.18 Å². The van der Waals surface area contributed by atoms with E-state index in [1.165, 1.54) is 48.1 Å². The number of hydrogen-bond donors (Lipinski definition) is 0. The molecule has 0 aliphatic heterocycles. The number of unbranched alkanes of at least 4 members (excludes halogenated alkanes) is 3. The molecule has 4 rings (SSSR count). The fourth-order valence-electron chi connectivity index (χ4n) is 4.08. The first-order valence-electron chi connectivity index (χ1n) is 11.2. The third-order valence-electron chi connectivity index (χ3n) is 5.84. The molecule has 0 heterocycles. The molecule has 0 atom stereocenters. The predicted molar refractivity (Wildman–Crippen MR) is 127 cm³/mol. The van der Waals surface area contributed by atoms with Gasteiger partial charge in [-0.15, -0.1) is 0 Å². The summed E-state index contributed by atoms with van der Waals surface area (Å²) in [5.41, 5.74) is 0.985. The van der Waals surface area contributed by atoms with Crippen molar-refractivity contribution in [1.82, 2.24) is 0 Å². The largest absolute Gasteiger partial charge is 0.419 e. The van der Waals surface area contributed by atoms with Crippen molar-refractivity contribution in [2.75, 3.05) is 0 Å². The zero-order valence-electron chi connectivity index (χ0n) is 18.4. The molecule has 4 aromatic carbocycles. The molecule has 0 aliphatic carbocycles. The molecule has 0 amide bonds. The molecule has 33 heavy (non-hydrogen) atoms. The van der Waals surface area contributed by atoms with Gasteiger partial charge in [-0.3, -0.25) is 0 Å². The Balaban J connectivity index is 1.58. The van der Waals surface area contributed by atoms with Gasteiger partial charge in [0.1, 0.15) is 5.82 Å². The summed E-state index contributed by atoms with van der Waals surface area (Å²) in [7, 11) is 0. The standard InChI is InChI=1S/C29H24F4/c1-2-3-4-5-6-20-9-14-25-23(17-20)12-13-24-18-21(10-15-26(24)25)7-8-22-11-16-27(28(30)19-22)29(31,32)33/h9-19H,2-6H2,1H3. The van der Waals surface area contributed by atoms with Crippen LogP contribution in [0.25, 0.3) is 21.5 Å². The lowest BCUT2D eigenvalue weighted by atomic mass is 9.97. The van der Waals surface area contributed by atoms with Crippen LogP contribution in [-0.2, 0) is 12.6 Å². The second-order valence-electron chi connectivity index (χ2n) is 8.31. The monoisotopic (exact) mass is 448 g/mol. The first-order chi connectivity index (χ1) is 15.8. The molecule has 0 aliphatic rings. The lowest BCUT2D eigenvalue weighted by Crippen LogP contribution is -2.07. The van der Waals surface area contributed by atoms with E-state index < -0.39 is 17.6 Å². The van der Waals surface area contributed by atoms with Crippen LogP contribution >= 0.6 is 0 Å². The second kappa shape index (κ2) is 9.67. The van der Waals surface area contributed by atoms with Crippen molar-refractivity contribution in [3.05, 3.63) is 94.8 Å². The van der Waals surface area contributed by atoms with E-state index in [1.54, 1.807) is 0 Å². The summed E-state index contributed by atoms with van der Waals surface area (Å²) in [5, 5.41) is 4.53. The van der Waals surface area contributed by atoms with E-state index in [-0.39, 0.29) is 5.56 Å². The van der Waals surface area contributed by atoms with Crippen molar-refractivity contribution in [3.8, 4) is 11.8 Å². The van der Waals surface area contributed by atoms with Gasteiger partial charge in [-0.05, 0) is 70.3 Å². The summed E-state index contributed by atoms with van der Waals surface area (Å²) < 4.78 is 51.9. The summed E-state index contributed by atoms with van der Waals surface area (Å²) in [6.45, 7) is 2.21. The Morgan fingerprint density at radius 3 is 2.00 bits per heavy atom. The van der Waals surface area contributed by atoms with Crippen LogP contribution in [0.5, 0.6) is 0 Å². The minimum atomic E-state index is -4.72. The Kier molecular flexibility index (Phi) is 6.70. The van der Waals surface area contributed by atoms with E-state index >= 15 is 0 Å².